The molecule has 1 aromatic rings. The Bertz CT molecular complexity index is 444. The fraction of sp³-hybridized carbons (Fsp3) is 0.750. The summed E-state index contributed by atoms with van der Waals surface area (Å²) >= 11 is 6.21. The second kappa shape index (κ2) is 8.54. The van der Waals surface area contributed by atoms with Gasteiger partial charge in [0.05, 0.1) is 0 Å². The lowest BCUT2D eigenvalue weighted by Crippen LogP contribution is -2.19. The molecule has 0 fully saturated rings. The summed E-state index contributed by atoms with van der Waals surface area (Å²) in [5, 5.41) is 3.87. The number of ether oxygens (including phenoxy) is 1. The molecule has 0 saturated carbocycles. The molecule has 0 bridgehead atoms. The zero-order valence-electron chi connectivity index (χ0n) is 13.9. The van der Waals surface area contributed by atoms with E-state index < -0.39 is 0 Å². The molecule has 120 valence electrons. The molecule has 0 aliphatic carbocycles. The summed E-state index contributed by atoms with van der Waals surface area (Å²) in [6.45, 7) is 12.8. The van der Waals surface area contributed by atoms with Gasteiger partial charge in [0.25, 0.3) is 0 Å². The fourth-order valence-electron chi connectivity index (χ4n) is 1.73. The van der Waals surface area contributed by atoms with Gasteiger partial charge in [0.1, 0.15) is 16.8 Å². The van der Waals surface area contributed by atoms with Crippen LogP contribution in [0.4, 0.5) is 5.82 Å². The number of hydrogen-bond acceptors (Lipinski definition) is 4. The Balaban J connectivity index is 2.53. The lowest BCUT2D eigenvalue weighted by Gasteiger charge is -2.19. The van der Waals surface area contributed by atoms with Crippen LogP contribution in [0.2, 0.25) is 5.15 Å². The van der Waals surface area contributed by atoms with E-state index in [-0.39, 0.29) is 5.41 Å². The number of nitrogens with zero attached hydrogens (tertiary/aromatic N) is 2. The normalized spacial score (nSPS) is 11.7. The molecule has 1 rings (SSSR count). The van der Waals surface area contributed by atoms with Crippen LogP contribution in [0.3, 0.4) is 0 Å². The first-order valence-electron chi connectivity index (χ1n) is 7.72. The monoisotopic (exact) mass is 313 g/mol. The summed E-state index contributed by atoms with van der Waals surface area (Å²) in [5.74, 6) is 1.59. The molecule has 0 unspecified atom stereocenters. The minimum Gasteiger partial charge on any atom is -0.381 e. The Hall–Kier alpha value is -0.870. The lowest BCUT2D eigenvalue weighted by atomic mass is 9.95. The molecule has 0 aromatic carbocycles. The number of hydrogen-bond donors (Lipinski definition) is 1. The largest absolute Gasteiger partial charge is 0.381 e. The summed E-state index contributed by atoms with van der Waals surface area (Å²) in [5.41, 5.74) is 0.786. The smallest absolute Gasteiger partial charge is 0.137 e. The van der Waals surface area contributed by atoms with Gasteiger partial charge in [0.2, 0.25) is 0 Å². The quantitative estimate of drug-likeness (QED) is 0.572. The predicted molar refractivity (Wildman–Crippen MR) is 89.3 cm³/mol. The second-order valence-corrected chi connectivity index (χ2v) is 6.67. The van der Waals surface area contributed by atoms with Gasteiger partial charge in [-0.2, -0.15) is 0 Å². The van der Waals surface area contributed by atoms with Gasteiger partial charge < -0.3 is 10.1 Å². The molecule has 0 radical (unpaired) electrons. The van der Waals surface area contributed by atoms with Crippen molar-refractivity contribution in [2.24, 2.45) is 0 Å². The van der Waals surface area contributed by atoms with E-state index in [9.17, 15) is 0 Å². The van der Waals surface area contributed by atoms with Crippen LogP contribution in [0, 0.1) is 6.92 Å². The van der Waals surface area contributed by atoms with Crippen LogP contribution in [-0.4, -0.2) is 29.7 Å². The third-order valence-corrected chi connectivity index (χ3v) is 3.53. The maximum Gasteiger partial charge on any atom is 0.137 e. The Morgan fingerprint density at radius 1 is 1.14 bits per heavy atom. The highest BCUT2D eigenvalue weighted by atomic mass is 35.5. The average molecular weight is 314 g/mol. The lowest BCUT2D eigenvalue weighted by molar-refractivity contribution is 0.131. The highest BCUT2D eigenvalue weighted by Crippen LogP contribution is 2.25. The van der Waals surface area contributed by atoms with E-state index in [1.807, 2.05) is 6.92 Å². The van der Waals surface area contributed by atoms with Crippen LogP contribution in [0.25, 0.3) is 0 Å². The van der Waals surface area contributed by atoms with Crippen molar-refractivity contribution in [2.75, 3.05) is 25.1 Å². The highest BCUT2D eigenvalue weighted by molar-refractivity contribution is 6.30. The van der Waals surface area contributed by atoms with Crippen LogP contribution in [0.1, 0.15) is 58.3 Å². The number of nitrogens with one attached hydrogen (secondary N) is 1. The third-order valence-electron chi connectivity index (χ3n) is 3.16. The maximum atomic E-state index is 6.21. The molecular formula is C16H28ClN3O. The molecule has 21 heavy (non-hydrogen) atoms. The summed E-state index contributed by atoms with van der Waals surface area (Å²) in [7, 11) is 0. The van der Waals surface area contributed by atoms with E-state index in [4.69, 9.17) is 16.3 Å². The van der Waals surface area contributed by atoms with Crippen molar-refractivity contribution in [1.82, 2.24) is 9.97 Å². The van der Waals surface area contributed by atoms with Gasteiger partial charge >= 0.3 is 0 Å². The zero-order valence-corrected chi connectivity index (χ0v) is 14.7. The van der Waals surface area contributed by atoms with E-state index in [2.05, 4.69) is 43.0 Å². The molecule has 0 spiro atoms. The number of unbranched alkanes of at least 4 members (excludes halogenated alkanes) is 1. The molecule has 1 N–H and O–H groups in total. The van der Waals surface area contributed by atoms with Gasteiger partial charge in [0, 0.05) is 30.7 Å². The Morgan fingerprint density at radius 3 is 2.43 bits per heavy atom. The Kier molecular flexibility index (Phi) is 7.40. The van der Waals surface area contributed by atoms with Crippen molar-refractivity contribution in [3.63, 3.8) is 0 Å². The van der Waals surface area contributed by atoms with Crippen LogP contribution < -0.4 is 5.32 Å². The molecule has 0 aliphatic rings. The summed E-state index contributed by atoms with van der Waals surface area (Å²) in [6.07, 6.45) is 3.26. The molecule has 0 saturated heterocycles. The Morgan fingerprint density at radius 2 is 1.81 bits per heavy atom. The van der Waals surface area contributed by atoms with Crippen LogP contribution in [-0.2, 0) is 10.2 Å². The van der Waals surface area contributed by atoms with E-state index in [0.29, 0.717) is 5.15 Å². The molecular weight excluding hydrogens is 286 g/mol. The fourth-order valence-corrected chi connectivity index (χ4v) is 1.90. The van der Waals surface area contributed by atoms with Gasteiger partial charge in [0.15, 0.2) is 0 Å². The number of aromatic nitrogens is 2. The highest BCUT2D eigenvalue weighted by Gasteiger charge is 2.20. The Labute approximate surface area is 133 Å². The van der Waals surface area contributed by atoms with Gasteiger partial charge in [-0.25, -0.2) is 9.97 Å². The molecule has 0 aliphatic heterocycles. The SMILES string of the molecule is CCCCOCCCNc1nc(C(C)(C)C)nc(Cl)c1C. The first-order valence-corrected chi connectivity index (χ1v) is 8.10. The third kappa shape index (κ3) is 6.18. The van der Waals surface area contributed by atoms with Crippen molar-refractivity contribution in [2.45, 2.75) is 59.3 Å². The van der Waals surface area contributed by atoms with Crippen molar-refractivity contribution in [3.8, 4) is 0 Å². The molecule has 4 nitrogen and oxygen atoms in total. The van der Waals surface area contributed by atoms with E-state index >= 15 is 0 Å². The van der Waals surface area contributed by atoms with E-state index in [1.165, 1.54) is 6.42 Å². The minimum atomic E-state index is -0.114. The van der Waals surface area contributed by atoms with Crippen molar-refractivity contribution in [1.29, 1.82) is 0 Å². The first kappa shape index (κ1) is 18.2. The van der Waals surface area contributed by atoms with Gasteiger partial charge in [-0.15, -0.1) is 0 Å². The van der Waals surface area contributed by atoms with Gasteiger partial charge in [-0.05, 0) is 19.8 Å². The summed E-state index contributed by atoms with van der Waals surface area (Å²) in [4.78, 5) is 8.98. The molecule has 1 heterocycles. The minimum absolute atomic E-state index is 0.114. The molecule has 5 heteroatoms. The molecule has 0 amide bonds. The van der Waals surface area contributed by atoms with Crippen molar-refractivity contribution in [3.05, 3.63) is 16.5 Å². The number of halogens is 1. The summed E-state index contributed by atoms with van der Waals surface area (Å²) < 4.78 is 5.55. The zero-order chi connectivity index (χ0) is 15.9. The molecule has 1 aromatic heterocycles. The van der Waals surface area contributed by atoms with Gasteiger partial charge in [-0.3, -0.25) is 0 Å². The van der Waals surface area contributed by atoms with Crippen LogP contribution >= 0.6 is 11.6 Å². The molecule has 0 atom stereocenters. The standard InChI is InChI=1S/C16H28ClN3O/c1-6-7-10-21-11-8-9-18-14-12(2)13(17)19-15(20-14)16(3,4)5/h6-11H2,1-5H3,(H,18,19,20). The van der Waals surface area contributed by atoms with Crippen molar-refractivity contribution < 1.29 is 4.74 Å². The number of anilines is 1. The van der Waals surface area contributed by atoms with Crippen LogP contribution in [0.5, 0.6) is 0 Å². The average Bonchev–Trinajstić information content (AvgIpc) is 2.41. The van der Waals surface area contributed by atoms with Crippen molar-refractivity contribution >= 4 is 17.4 Å². The first-order chi connectivity index (χ1) is 9.86. The topological polar surface area (TPSA) is 47.0 Å². The number of rotatable bonds is 8. The van der Waals surface area contributed by atoms with E-state index in [0.717, 1.165) is 49.8 Å². The predicted octanol–water partition coefficient (Wildman–Crippen LogP) is 4.35. The maximum absolute atomic E-state index is 6.21. The van der Waals surface area contributed by atoms with Gasteiger partial charge in [-0.1, -0.05) is 45.7 Å². The van der Waals surface area contributed by atoms with Crippen LogP contribution in [0.15, 0.2) is 0 Å². The van der Waals surface area contributed by atoms with E-state index in [1.54, 1.807) is 0 Å². The second-order valence-electron chi connectivity index (χ2n) is 6.31. The summed E-state index contributed by atoms with van der Waals surface area (Å²) in [6, 6.07) is 0.